The van der Waals surface area contributed by atoms with Crippen molar-refractivity contribution in [1.29, 1.82) is 0 Å². The maximum absolute atomic E-state index is 14.4. The van der Waals surface area contributed by atoms with E-state index in [-0.39, 0.29) is 24.2 Å². The standard InChI is InChI=1S/C46H61NO5/c1-34-13-12-25-45(2)43(41-23-21-37(27-39(48)22-20-34)28-42(41)44(50)38-18-10-5-11-19-38)24-26-46(45,51)33-47(29-35-14-6-3-7-15-35)30-40(49)32-52-31-36-16-8-4-9-17-36/h3-4,6-9,13-17,21,23,28,38-40,43,48-49,51H,5,10-12,18-20,22,24-27,29-33H2,1-2H3. The molecular weight excluding hydrogens is 647 g/mol. The van der Waals surface area contributed by atoms with Crippen LogP contribution in [-0.4, -0.2) is 63.5 Å². The molecule has 52 heavy (non-hydrogen) atoms. The van der Waals surface area contributed by atoms with E-state index in [1.807, 2.05) is 48.5 Å². The number of rotatable bonds is 12. The third-order valence-corrected chi connectivity index (χ3v) is 12.5. The molecular formula is C46H61NO5. The molecule has 6 heteroatoms. The van der Waals surface area contributed by atoms with Crippen LogP contribution >= 0.6 is 0 Å². The summed E-state index contributed by atoms with van der Waals surface area (Å²) in [5.74, 6) is 0.278. The lowest BCUT2D eigenvalue weighted by atomic mass is 9.64. The molecule has 5 atom stereocenters. The molecule has 2 saturated carbocycles. The Morgan fingerprint density at radius 3 is 2.37 bits per heavy atom. The Morgan fingerprint density at radius 2 is 1.63 bits per heavy atom. The van der Waals surface area contributed by atoms with Crippen LogP contribution in [-0.2, 0) is 24.3 Å². The van der Waals surface area contributed by atoms with Gasteiger partial charge in [-0.05, 0) is 98.9 Å². The van der Waals surface area contributed by atoms with E-state index in [0.717, 1.165) is 79.2 Å². The molecule has 0 aromatic heterocycles. The largest absolute Gasteiger partial charge is 0.393 e. The summed E-state index contributed by atoms with van der Waals surface area (Å²) in [6.07, 6.45) is 11.4. The lowest BCUT2D eigenvalue weighted by Gasteiger charge is -2.46. The first-order chi connectivity index (χ1) is 25.1. The van der Waals surface area contributed by atoms with E-state index < -0.39 is 23.2 Å². The summed E-state index contributed by atoms with van der Waals surface area (Å²) in [5.41, 5.74) is 4.77. The number of aliphatic hydroxyl groups excluding tert-OH is 2. The number of hydrogen-bond donors (Lipinski definition) is 3. The maximum Gasteiger partial charge on any atom is 0.166 e. The number of benzene rings is 3. The van der Waals surface area contributed by atoms with Gasteiger partial charge in [0.2, 0.25) is 0 Å². The van der Waals surface area contributed by atoms with E-state index >= 15 is 0 Å². The SMILES string of the molecule is CC1=CCCC2(C)C(CCC2(O)CN(Cc2ccccc2)CC(O)COCc2ccccc2)c2ccc(cc2C(=O)C2CCCCC2)CC(O)CC1. The molecule has 7 rings (SSSR count). The van der Waals surface area contributed by atoms with Gasteiger partial charge >= 0.3 is 0 Å². The van der Waals surface area contributed by atoms with Gasteiger partial charge in [-0.1, -0.05) is 111 Å². The predicted molar refractivity (Wildman–Crippen MR) is 208 cm³/mol. The van der Waals surface area contributed by atoms with Gasteiger partial charge in [-0.2, -0.15) is 0 Å². The topological polar surface area (TPSA) is 90.2 Å². The molecule has 4 aliphatic rings. The molecule has 0 spiro atoms. The van der Waals surface area contributed by atoms with E-state index in [9.17, 15) is 20.1 Å². The Kier molecular flexibility index (Phi) is 13.2. The molecule has 0 saturated heterocycles. The minimum absolute atomic E-state index is 0.00614. The van der Waals surface area contributed by atoms with Gasteiger partial charge < -0.3 is 20.1 Å². The lowest BCUT2D eigenvalue weighted by molar-refractivity contribution is -0.0923. The molecule has 3 aromatic rings. The summed E-state index contributed by atoms with van der Waals surface area (Å²) in [6.45, 7) is 6.42. The van der Waals surface area contributed by atoms with Crippen LogP contribution in [0.4, 0.5) is 0 Å². The monoisotopic (exact) mass is 707 g/mol. The average molecular weight is 708 g/mol. The first-order valence-corrected chi connectivity index (χ1v) is 19.9. The van der Waals surface area contributed by atoms with Gasteiger partial charge in [0.15, 0.2) is 5.78 Å². The van der Waals surface area contributed by atoms with Gasteiger partial charge in [0, 0.05) is 36.5 Å². The molecule has 4 aliphatic carbocycles. The molecule has 0 radical (unpaired) electrons. The summed E-state index contributed by atoms with van der Waals surface area (Å²) >= 11 is 0. The van der Waals surface area contributed by atoms with Crippen LogP contribution < -0.4 is 0 Å². The summed E-state index contributed by atoms with van der Waals surface area (Å²) < 4.78 is 5.95. The smallest absolute Gasteiger partial charge is 0.166 e. The second-order valence-electron chi connectivity index (χ2n) is 16.5. The van der Waals surface area contributed by atoms with Crippen molar-refractivity contribution in [3.8, 4) is 0 Å². The maximum atomic E-state index is 14.4. The van der Waals surface area contributed by atoms with Gasteiger partial charge in [-0.15, -0.1) is 0 Å². The van der Waals surface area contributed by atoms with Crippen LogP contribution in [0.3, 0.4) is 0 Å². The van der Waals surface area contributed by atoms with Gasteiger partial charge in [-0.25, -0.2) is 0 Å². The van der Waals surface area contributed by atoms with Gasteiger partial charge in [0.05, 0.1) is 31.0 Å². The molecule has 0 heterocycles. The number of ketones is 1. The Labute approximate surface area is 311 Å². The summed E-state index contributed by atoms with van der Waals surface area (Å²) in [4.78, 5) is 16.6. The molecule has 5 unspecified atom stereocenters. The summed E-state index contributed by atoms with van der Waals surface area (Å²) in [5, 5.41) is 35.4. The van der Waals surface area contributed by atoms with Crippen LogP contribution in [0.25, 0.3) is 0 Å². The number of hydrogen-bond acceptors (Lipinski definition) is 6. The zero-order chi connectivity index (χ0) is 36.6. The number of carbonyl (C=O) groups is 1. The van der Waals surface area contributed by atoms with E-state index in [4.69, 9.17) is 4.74 Å². The fraction of sp³-hybridized carbons (Fsp3) is 0.543. The fourth-order valence-corrected chi connectivity index (χ4v) is 9.43. The average Bonchev–Trinajstić information content (AvgIpc) is 3.40. The molecule has 2 bridgehead atoms. The normalized spacial score (nSPS) is 26.5. The summed E-state index contributed by atoms with van der Waals surface area (Å²) in [6, 6.07) is 26.7. The van der Waals surface area contributed by atoms with Gasteiger partial charge in [0.1, 0.15) is 0 Å². The molecule has 280 valence electrons. The zero-order valence-electron chi connectivity index (χ0n) is 31.5. The fourth-order valence-electron chi connectivity index (χ4n) is 9.43. The Hall–Kier alpha value is -3.13. The van der Waals surface area contributed by atoms with Crippen LogP contribution in [0.1, 0.15) is 123 Å². The first kappa shape index (κ1) is 38.6. The molecule has 0 amide bonds. The van der Waals surface area contributed by atoms with Crippen LogP contribution in [0.2, 0.25) is 0 Å². The predicted octanol–water partition coefficient (Wildman–Crippen LogP) is 8.57. The second-order valence-corrected chi connectivity index (χ2v) is 16.5. The van der Waals surface area contributed by atoms with Crippen molar-refractivity contribution >= 4 is 5.78 Å². The number of carbonyl (C=O) groups excluding carboxylic acids is 1. The first-order valence-electron chi connectivity index (χ1n) is 19.9. The highest BCUT2D eigenvalue weighted by molar-refractivity contribution is 5.99. The summed E-state index contributed by atoms with van der Waals surface area (Å²) in [7, 11) is 0. The number of fused-ring (bicyclic) bond motifs is 8. The van der Waals surface area contributed by atoms with Gasteiger partial charge in [-0.3, -0.25) is 9.69 Å². The van der Waals surface area contributed by atoms with Gasteiger partial charge in [0.25, 0.3) is 0 Å². The van der Waals surface area contributed by atoms with Crippen molar-refractivity contribution in [2.24, 2.45) is 11.3 Å². The van der Waals surface area contributed by atoms with Crippen molar-refractivity contribution in [2.45, 2.75) is 128 Å². The molecule has 3 aromatic carbocycles. The minimum atomic E-state index is -1.06. The van der Waals surface area contributed by atoms with E-state index in [1.54, 1.807) is 0 Å². The van der Waals surface area contributed by atoms with Crippen molar-refractivity contribution in [1.82, 2.24) is 4.90 Å². The number of allylic oxidation sites excluding steroid dienone is 2. The van der Waals surface area contributed by atoms with Crippen LogP contribution in [0, 0.1) is 11.3 Å². The quantitative estimate of drug-likeness (QED) is 0.129. The lowest BCUT2D eigenvalue weighted by Crippen LogP contribution is -2.53. The molecule has 3 N–H and O–H groups in total. The highest BCUT2D eigenvalue weighted by Crippen LogP contribution is 2.59. The van der Waals surface area contributed by atoms with Crippen molar-refractivity contribution in [3.05, 3.63) is 118 Å². The Bertz CT molecular complexity index is 1620. The second kappa shape index (κ2) is 17.8. The molecule has 0 aliphatic heterocycles. The third-order valence-electron chi connectivity index (χ3n) is 12.5. The third kappa shape index (κ3) is 9.50. The Morgan fingerprint density at radius 1 is 0.923 bits per heavy atom. The number of ether oxygens (including phenoxy) is 1. The van der Waals surface area contributed by atoms with Crippen molar-refractivity contribution < 1.29 is 24.9 Å². The van der Waals surface area contributed by atoms with Crippen LogP contribution in [0.5, 0.6) is 0 Å². The highest BCUT2D eigenvalue weighted by Gasteiger charge is 2.57. The number of aliphatic hydroxyl groups is 3. The van der Waals surface area contributed by atoms with E-state index in [0.29, 0.717) is 45.5 Å². The number of Topliss-reactive ketones (excluding diaryl/α,β-unsaturated/α-hetero) is 1. The van der Waals surface area contributed by atoms with Crippen molar-refractivity contribution in [2.75, 3.05) is 19.7 Å². The molecule has 2 fully saturated rings. The highest BCUT2D eigenvalue weighted by atomic mass is 16.5. The number of nitrogens with zero attached hydrogens (tertiary/aromatic N) is 1. The van der Waals surface area contributed by atoms with E-state index in [2.05, 4.69) is 55.2 Å². The Balaban J connectivity index is 1.31. The van der Waals surface area contributed by atoms with Crippen molar-refractivity contribution in [3.63, 3.8) is 0 Å². The minimum Gasteiger partial charge on any atom is -0.393 e. The molecule has 6 nitrogen and oxygen atoms in total. The van der Waals surface area contributed by atoms with Crippen LogP contribution in [0.15, 0.2) is 90.5 Å². The van der Waals surface area contributed by atoms with E-state index in [1.165, 1.54) is 12.0 Å². The zero-order valence-corrected chi connectivity index (χ0v) is 31.5.